The van der Waals surface area contributed by atoms with Gasteiger partial charge in [-0.1, -0.05) is 133 Å². The molecule has 11 heteroatoms. The van der Waals surface area contributed by atoms with E-state index in [-0.39, 0.29) is 0 Å². The summed E-state index contributed by atoms with van der Waals surface area (Å²) in [6.45, 7) is 8.04. The molecule has 21 rings (SSSR count). The van der Waals surface area contributed by atoms with Crippen LogP contribution in [0.4, 0.5) is 22.7 Å². The van der Waals surface area contributed by atoms with Crippen LogP contribution in [-0.4, -0.2) is 28.2 Å². The molecule has 0 radical (unpaired) electrons. The van der Waals surface area contributed by atoms with Gasteiger partial charge in [-0.15, -0.1) is 0 Å². The minimum Gasteiger partial charge on any atom is -0.457 e. The van der Waals surface area contributed by atoms with E-state index in [1.165, 1.54) is 0 Å². The molecule has 11 nitrogen and oxygen atoms in total. The molecule has 0 saturated heterocycles. The number of hydrogen-bond donors (Lipinski definition) is 0. The van der Waals surface area contributed by atoms with E-state index >= 15 is 0 Å². The molecule has 0 amide bonds. The second kappa shape index (κ2) is 19.3. The summed E-state index contributed by atoms with van der Waals surface area (Å²) >= 11 is 0. The highest BCUT2D eigenvalue weighted by Gasteiger charge is 2.53. The Morgan fingerprint density at radius 2 is 0.719 bits per heavy atom. The smallest absolute Gasteiger partial charge is 0.188 e. The molecule has 1 unspecified atom stereocenters. The first-order valence-electron chi connectivity index (χ1n) is 32.0. The van der Waals surface area contributed by atoms with Crippen molar-refractivity contribution in [2.24, 2.45) is 0 Å². The summed E-state index contributed by atoms with van der Waals surface area (Å²) in [7, 11) is 0. The van der Waals surface area contributed by atoms with Crippen LogP contribution in [0.2, 0.25) is 0 Å². The number of aromatic nitrogens is 6. The SMILES string of the molecule is [C-]#[N+]c1ccc2c(c1)c1ccccc1n2-c1cnc2c(c1)C1(c3ccc(-n4c5ccccc5c5ccccc54)cc3Oc3cc(-n4c5ccc(C#N)cc5c5cc(N6c7ccccc7Oc7ccccc76)ccc54)ccc31)c1cc(-n3c4ccccc4c4ccccc43)cnc1-2. The molecule has 18 aromatic rings. The van der Waals surface area contributed by atoms with Crippen LogP contribution in [0.1, 0.15) is 27.8 Å². The van der Waals surface area contributed by atoms with Gasteiger partial charge in [0, 0.05) is 89.2 Å². The number of benzene rings is 12. The van der Waals surface area contributed by atoms with Crippen LogP contribution in [0.5, 0.6) is 23.0 Å². The molecule has 1 atom stereocenters. The van der Waals surface area contributed by atoms with Crippen molar-refractivity contribution in [3.05, 3.63) is 325 Å². The van der Waals surface area contributed by atoms with E-state index < -0.39 is 5.41 Å². The summed E-state index contributed by atoms with van der Waals surface area (Å²) < 4.78 is 23.5. The maximum atomic E-state index is 10.5. The van der Waals surface area contributed by atoms with Crippen molar-refractivity contribution in [3.8, 4) is 63.2 Å². The lowest BCUT2D eigenvalue weighted by Gasteiger charge is -2.39. The summed E-state index contributed by atoms with van der Waals surface area (Å²) in [6, 6.07) is 98.3. The number of ether oxygens (including phenoxy) is 2. The lowest BCUT2D eigenvalue weighted by atomic mass is 9.66. The third-order valence-corrected chi connectivity index (χ3v) is 20.3. The van der Waals surface area contributed by atoms with Gasteiger partial charge < -0.3 is 32.6 Å². The van der Waals surface area contributed by atoms with Crippen molar-refractivity contribution in [3.63, 3.8) is 0 Å². The van der Waals surface area contributed by atoms with Gasteiger partial charge in [0.25, 0.3) is 0 Å². The first kappa shape index (κ1) is 52.2. The predicted octanol–water partition coefficient (Wildman–Crippen LogP) is 21.3. The van der Waals surface area contributed by atoms with Crippen LogP contribution in [0.25, 0.3) is 126 Å². The number of fused-ring (bicyclic) bond motifs is 23. The second-order valence-corrected chi connectivity index (χ2v) is 25.1. The molecule has 1 aliphatic carbocycles. The molecule has 2 aliphatic heterocycles. The van der Waals surface area contributed by atoms with Crippen molar-refractivity contribution < 1.29 is 9.47 Å². The van der Waals surface area contributed by atoms with Crippen LogP contribution in [0, 0.1) is 17.9 Å². The molecule has 96 heavy (non-hydrogen) atoms. The average molecular weight is 1230 g/mol. The lowest BCUT2D eigenvalue weighted by molar-refractivity contribution is 0.436. The van der Waals surface area contributed by atoms with Gasteiger partial charge in [-0.05, 0) is 133 Å². The molecule has 0 bridgehead atoms. The molecule has 8 heterocycles. The van der Waals surface area contributed by atoms with Crippen molar-refractivity contribution >= 4 is 110 Å². The topological polar surface area (TPSA) is 95.4 Å². The highest BCUT2D eigenvalue weighted by atomic mass is 16.5. The van der Waals surface area contributed by atoms with Crippen molar-refractivity contribution in [2.75, 3.05) is 4.90 Å². The molecule has 444 valence electrons. The van der Waals surface area contributed by atoms with Gasteiger partial charge in [0.15, 0.2) is 17.2 Å². The molecular weight excluding hydrogens is 1180 g/mol. The Morgan fingerprint density at radius 3 is 1.21 bits per heavy atom. The van der Waals surface area contributed by atoms with Gasteiger partial charge in [-0.3, -0.25) is 9.97 Å². The maximum absolute atomic E-state index is 10.5. The molecule has 0 N–H and O–H groups in total. The van der Waals surface area contributed by atoms with Gasteiger partial charge in [0.05, 0.1) is 114 Å². The van der Waals surface area contributed by atoms with E-state index in [2.05, 4.69) is 246 Å². The quantitative estimate of drug-likeness (QED) is 0.159. The number of para-hydroxylation sites is 9. The highest BCUT2D eigenvalue weighted by molar-refractivity contribution is 6.14. The maximum Gasteiger partial charge on any atom is 0.188 e. The molecule has 1 spiro atoms. The Labute approximate surface area is 548 Å². The minimum absolute atomic E-state index is 0.565. The van der Waals surface area contributed by atoms with Crippen molar-refractivity contribution in [1.29, 1.82) is 5.26 Å². The zero-order valence-electron chi connectivity index (χ0n) is 51.0. The van der Waals surface area contributed by atoms with Gasteiger partial charge in [0.1, 0.15) is 11.5 Å². The van der Waals surface area contributed by atoms with Crippen LogP contribution in [0.3, 0.4) is 0 Å². The Morgan fingerprint density at radius 1 is 0.333 bits per heavy atom. The number of nitrogens with zero attached hydrogens (tertiary/aromatic N) is 9. The fraction of sp³-hybridized carbons (Fsp3) is 0.0118. The summed E-state index contributed by atoms with van der Waals surface area (Å²) in [5.74, 6) is 2.88. The van der Waals surface area contributed by atoms with Crippen LogP contribution in [0.15, 0.2) is 285 Å². The Kier molecular flexibility index (Phi) is 10.5. The monoisotopic (exact) mass is 1230 g/mol. The minimum atomic E-state index is -1.10. The van der Waals surface area contributed by atoms with E-state index in [0.717, 1.165) is 172 Å². The van der Waals surface area contributed by atoms with E-state index in [9.17, 15) is 5.26 Å². The summed E-state index contributed by atoms with van der Waals surface area (Å²) in [6.07, 6.45) is 3.99. The number of rotatable bonds is 5. The Bertz CT molecular complexity index is 6460. The molecule has 12 aromatic carbocycles. The summed E-state index contributed by atoms with van der Waals surface area (Å²) in [4.78, 5) is 17.3. The molecule has 0 saturated carbocycles. The second-order valence-electron chi connectivity index (χ2n) is 25.1. The van der Waals surface area contributed by atoms with Crippen LogP contribution >= 0.6 is 0 Å². The highest BCUT2D eigenvalue weighted by Crippen LogP contribution is 2.63. The fourth-order valence-electron chi connectivity index (χ4n) is 16.4. The van der Waals surface area contributed by atoms with Crippen LogP contribution in [-0.2, 0) is 5.41 Å². The van der Waals surface area contributed by atoms with Crippen molar-refractivity contribution in [1.82, 2.24) is 28.2 Å². The van der Waals surface area contributed by atoms with E-state index in [1.54, 1.807) is 0 Å². The predicted molar refractivity (Wildman–Crippen MR) is 383 cm³/mol. The van der Waals surface area contributed by atoms with Gasteiger partial charge in [0.2, 0.25) is 0 Å². The van der Waals surface area contributed by atoms with Crippen LogP contribution < -0.4 is 14.4 Å². The number of hydrogen-bond acceptors (Lipinski definition) is 6. The zero-order valence-corrected chi connectivity index (χ0v) is 51.0. The fourth-order valence-corrected chi connectivity index (χ4v) is 16.4. The van der Waals surface area contributed by atoms with Crippen molar-refractivity contribution in [2.45, 2.75) is 5.41 Å². The van der Waals surface area contributed by atoms with Gasteiger partial charge in [-0.2, -0.15) is 5.26 Å². The summed E-state index contributed by atoms with van der Waals surface area (Å²) in [5, 5.41) is 19.1. The Hall–Kier alpha value is -13.5. The third-order valence-electron chi connectivity index (χ3n) is 20.3. The van der Waals surface area contributed by atoms with E-state index in [0.29, 0.717) is 22.7 Å². The zero-order chi connectivity index (χ0) is 63.1. The standard InChI is InChI=1S/C85H47N9O2/c1-87-51-31-38-75-63(41-51)61-20-6-11-25-73(61)94(75)56-44-68-84(89-49-56)83-67(43-55(48-88-83)93-71-23-9-4-18-59(71)60-19-5-10-24-72(60)93)85(68)65-35-32-53(90-69-21-7-2-16-57(69)58-17-3-8-22-70(58)90)45-81(65)96-82-46-54(33-36-66(82)85)91-74-37-30-50(47-86)40-62(74)64-42-52(34-39-76(64)91)92-77-26-12-14-28-79(77)95-80-29-15-13-27-78(80)92/h2-46,48-49H. The number of nitriles is 1. The normalized spacial score (nSPS) is 14.2. The lowest BCUT2D eigenvalue weighted by Crippen LogP contribution is -2.32. The van der Waals surface area contributed by atoms with Gasteiger partial charge in [-0.25, -0.2) is 4.85 Å². The first-order chi connectivity index (χ1) is 47.5. The van der Waals surface area contributed by atoms with Gasteiger partial charge >= 0.3 is 0 Å². The average Bonchev–Trinajstić information content (AvgIpc) is 1.49. The Balaban J connectivity index is 0.852. The van der Waals surface area contributed by atoms with E-state index in [4.69, 9.17) is 26.0 Å². The molecule has 0 fully saturated rings. The number of anilines is 3. The molecule has 6 aromatic heterocycles. The molecule has 3 aliphatic rings. The largest absolute Gasteiger partial charge is 0.457 e. The molecular formula is C85H47N9O2. The number of pyridine rings is 2. The van der Waals surface area contributed by atoms with E-state index in [1.807, 2.05) is 73.1 Å². The first-order valence-corrected chi connectivity index (χ1v) is 32.0. The third kappa shape index (κ3) is 6.96. The summed E-state index contributed by atoms with van der Waals surface area (Å²) in [5.41, 5.74) is 20.0.